The Morgan fingerprint density at radius 2 is 1.75 bits per heavy atom. The summed E-state index contributed by atoms with van der Waals surface area (Å²) >= 11 is 0. The van der Waals surface area contributed by atoms with E-state index >= 15 is 0 Å². The van der Waals surface area contributed by atoms with E-state index < -0.39 is 17.5 Å². The van der Waals surface area contributed by atoms with Gasteiger partial charge in [0.1, 0.15) is 0 Å². The molecule has 0 fully saturated rings. The topological polar surface area (TPSA) is 39.1 Å². The van der Waals surface area contributed by atoms with Crippen LogP contribution in [-0.2, 0) is 13.2 Å². The van der Waals surface area contributed by atoms with Gasteiger partial charge in [-0.15, -0.1) is 0 Å². The fourth-order valence-corrected chi connectivity index (χ4v) is 1.80. The molecular weight excluding hydrogens is 271 g/mol. The number of aldehydes is 1. The third-order valence-corrected chi connectivity index (χ3v) is 2.90. The van der Waals surface area contributed by atoms with E-state index in [1.165, 1.54) is 16.8 Å². The molecule has 104 valence electrons. The number of alkyl halides is 3. The van der Waals surface area contributed by atoms with Crippen LogP contribution in [0.1, 0.15) is 32.0 Å². The van der Waals surface area contributed by atoms with E-state index in [1.807, 2.05) is 0 Å². The summed E-state index contributed by atoms with van der Waals surface area (Å²) in [6, 6.07) is 5.36. The van der Waals surface area contributed by atoms with Crippen molar-refractivity contribution >= 4 is 12.1 Å². The van der Waals surface area contributed by atoms with Crippen LogP contribution in [-0.4, -0.2) is 16.6 Å². The first kappa shape index (κ1) is 14.0. The molecule has 1 aromatic heterocycles. The minimum absolute atomic E-state index is 0.140. The van der Waals surface area contributed by atoms with Crippen molar-refractivity contribution in [1.82, 2.24) is 4.57 Å². The van der Waals surface area contributed by atoms with Crippen molar-refractivity contribution < 1.29 is 22.8 Å². The molecule has 1 aromatic carbocycles. The molecule has 0 saturated carbocycles. The molecule has 2 rings (SSSR count). The average molecular weight is 281 g/mol. The number of benzene rings is 1. The molecule has 1 heterocycles. The molecule has 0 amide bonds. The number of aromatic nitrogens is 1. The molecular formula is C14H10F3NO2. The van der Waals surface area contributed by atoms with Crippen LogP contribution in [0.2, 0.25) is 0 Å². The predicted molar refractivity (Wildman–Crippen MR) is 65.7 cm³/mol. The summed E-state index contributed by atoms with van der Waals surface area (Å²) in [5, 5.41) is 0. The van der Waals surface area contributed by atoms with Crippen molar-refractivity contribution in [1.29, 1.82) is 0 Å². The summed E-state index contributed by atoms with van der Waals surface area (Å²) in [5.41, 5.74) is -0.0913. The Labute approximate surface area is 112 Å². The zero-order valence-electron chi connectivity index (χ0n) is 10.4. The summed E-state index contributed by atoms with van der Waals surface area (Å²) in [5.74, 6) is -0.428. The molecule has 0 aliphatic carbocycles. The lowest BCUT2D eigenvalue weighted by molar-refractivity contribution is -0.137. The average Bonchev–Trinajstić information content (AvgIpc) is 2.78. The van der Waals surface area contributed by atoms with Crippen LogP contribution in [0.4, 0.5) is 13.2 Å². The first-order valence-electron chi connectivity index (χ1n) is 5.66. The molecule has 0 aliphatic heterocycles. The molecule has 0 bridgehead atoms. The maximum atomic E-state index is 12.4. The highest BCUT2D eigenvalue weighted by molar-refractivity contribution is 6.09. The van der Waals surface area contributed by atoms with Crippen molar-refractivity contribution in [2.45, 2.75) is 6.18 Å². The molecule has 0 N–H and O–H groups in total. The second-order valence-corrected chi connectivity index (χ2v) is 4.29. The van der Waals surface area contributed by atoms with Gasteiger partial charge in [0.15, 0.2) is 12.1 Å². The van der Waals surface area contributed by atoms with E-state index in [-0.39, 0.29) is 11.1 Å². The summed E-state index contributed by atoms with van der Waals surface area (Å²) in [7, 11) is 1.60. The van der Waals surface area contributed by atoms with Crippen LogP contribution in [0.5, 0.6) is 0 Å². The van der Waals surface area contributed by atoms with Gasteiger partial charge in [-0.1, -0.05) is 12.1 Å². The quantitative estimate of drug-likeness (QED) is 0.640. The van der Waals surface area contributed by atoms with Crippen molar-refractivity contribution in [3.63, 3.8) is 0 Å². The summed E-state index contributed by atoms with van der Waals surface area (Å²) in [6.45, 7) is 0. The van der Waals surface area contributed by atoms with E-state index in [9.17, 15) is 22.8 Å². The Hall–Kier alpha value is -2.37. The number of hydrogen-bond acceptors (Lipinski definition) is 2. The molecule has 0 saturated heterocycles. The lowest BCUT2D eigenvalue weighted by Gasteiger charge is -2.06. The molecule has 0 aliphatic rings. The molecule has 0 radical (unpaired) electrons. The van der Waals surface area contributed by atoms with Crippen LogP contribution in [0.3, 0.4) is 0 Å². The van der Waals surface area contributed by atoms with Crippen LogP contribution in [0.15, 0.2) is 36.5 Å². The third-order valence-electron chi connectivity index (χ3n) is 2.90. The number of nitrogens with zero attached hydrogens (tertiary/aromatic N) is 1. The van der Waals surface area contributed by atoms with Gasteiger partial charge in [0.05, 0.1) is 11.3 Å². The Balaban J connectivity index is 2.31. The van der Waals surface area contributed by atoms with Gasteiger partial charge in [-0.2, -0.15) is 13.2 Å². The van der Waals surface area contributed by atoms with Crippen LogP contribution in [0, 0.1) is 0 Å². The second-order valence-electron chi connectivity index (χ2n) is 4.29. The van der Waals surface area contributed by atoms with Gasteiger partial charge >= 0.3 is 6.18 Å². The number of carbonyl (C=O) groups excluding carboxylic acids is 2. The van der Waals surface area contributed by atoms with Crippen molar-refractivity contribution in [3.8, 4) is 0 Å². The standard InChI is InChI=1S/C14H10F3NO2/c1-18-7-10(6-12(18)8-19)13(20)9-2-4-11(5-3-9)14(15,16)17/h2-8H,1H3. The highest BCUT2D eigenvalue weighted by Gasteiger charge is 2.30. The smallest absolute Gasteiger partial charge is 0.348 e. The summed E-state index contributed by atoms with van der Waals surface area (Å²) < 4.78 is 38.7. The van der Waals surface area contributed by atoms with Crippen LogP contribution >= 0.6 is 0 Å². The zero-order valence-corrected chi connectivity index (χ0v) is 10.4. The van der Waals surface area contributed by atoms with E-state index in [4.69, 9.17) is 0 Å². The predicted octanol–water partition coefficient (Wildman–Crippen LogP) is 3.09. The monoisotopic (exact) mass is 281 g/mol. The minimum atomic E-state index is -4.43. The number of carbonyl (C=O) groups is 2. The Bertz CT molecular complexity index is 654. The molecule has 0 spiro atoms. The summed E-state index contributed by atoms with van der Waals surface area (Å²) in [6.07, 6.45) is -2.37. The molecule has 0 atom stereocenters. The highest BCUT2D eigenvalue weighted by Crippen LogP contribution is 2.29. The van der Waals surface area contributed by atoms with E-state index in [1.54, 1.807) is 7.05 Å². The fourth-order valence-electron chi connectivity index (χ4n) is 1.80. The Morgan fingerprint density at radius 3 is 2.20 bits per heavy atom. The lowest BCUT2D eigenvalue weighted by atomic mass is 10.0. The molecule has 0 unspecified atom stereocenters. The van der Waals surface area contributed by atoms with Gasteiger partial charge in [-0.05, 0) is 18.2 Å². The van der Waals surface area contributed by atoms with Crippen LogP contribution < -0.4 is 0 Å². The minimum Gasteiger partial charge on any atom is -0.348 e. The van der Waals surface area contributed by atoms with Gasteiger partial charge in [-0.3, -0.25) is 9.59 Å². The number of halogens is 3. The van der Waals surface area contributed by atoms with Gasteiger partial charge in [0.25, 0.3) is 0 Å². The van der Waals surface area contributed by atoms with Crippen molar-refractivity contribution in [2.24, 2.45) is 7.05 Å². The number of ketones is 1. The van der Waals surface area contributed by atoms with Crippen LogP contribution in [0.25, 0.3) is 0 Å². The zero-order chi connectivity index (χ0) is 14.9. The van der Waals surface area contributed by atoms with Gasteiger partial charge < -0.3 is 4.57 Å². The Morgan fingerprint density at radius 1 is 1.15 bits per heavy atom. The van der Waals surface area contributed by atoms with Gasteiger partial charge in [-0.25, -0.2) is 0 Å². The number of aryl methyl sites for hydroxylation is 1. The SMILES string of the molecule is Cn1cc(C(=O)c2ccc(C(F)(F)F)cc2)cc1C=O. The van der Waals surface area contributed by atoms with Gasteiger partial charge in [0, 0.05) is 24.4 Å². The van der Waals surface area contributed by atoms with E-state index in [0.717, 1.165) is 24.3 Å². The van der Waals surface area contributed by atoms with Crippen molar-refractivity contribution in [2.75, 3.05) is 0 Å². The van der Waals surface area contributed by atoms with E-state index in [0.29, 0.717) is 12.0 Å². The largest absolute Gasteiger partial charge is 0.416 e. The number of hydrogen-bond donors (Lipinski definition) is 0. The number of rotatable bonds is 3. The van der Waals surface area contributed by atoms with Crippen molar-refractivity contribution in [3.05, 3.63) is 58.9 Å². The lowest BCUT2D eigenvalue weighted by Crippen LogP contribution is -2.06. The van der Waals surface area contributed by atoms with Gasteiger partial charge in [0.2, 0.25) is 0 Å². The first-order valence-corrected chi connectivity index (χ1v) is 5.66. The summed E-state index contributed by atoms with van der Waals surface area (Å²) in [4.78, 5) is 22.8. The fraction of sp³-hybridized carbons (Fsp3) is 0.143. The third kappa shape index (κ3) is 2.64. The molecule has 2 aromatic rings. The Kier molecular flexibility index (Phi) is 3.48. The molecule has 3 nitrogen and oxygen atoms in total. The van der Waals surface area contributed by atoms with E-state index in [2.05, 4.69) is 0 Å². The molecule has 20 heavy (non-hydrogen) atoms. The molecule has 6 heteroatoms. The normalized spacial score (nSPS) is 11.4. The highest BCUT2D eigenvalue weighted by atomic mass is 19.4. The maximum absolute atomic E-state index is 12.4. The maximum Gasteiger partial charge on any atom is 0.416 e. The second kappa shape index (κ2) is 4.96. The first-order chi connectivity index (χ1) is 9.32.